The molecule has 0 aliphatic carbocycles. The molecular formula is C24H22F3N5O2. The number of aryl methyl sites for hydroxylation is 1. The van der Waals surface area contributed by atoms with Gasteiger partial charge in [-0.2, -0.15) is 13.2 Å². The summed E-state index contributed by atoms with van der Waals surface area (Å²) in [6.07, 6.45) is -1.04. The van der Waals surface area contributed by atoms with Crippen molar-refractivity contribution in [2.75, 3.05) is 23.5 Å². The average Bonchev–Trinajstić information content (AvgIpc) is 3.17. The Morgan fingerprint density at radius 1 is 1.12 bits per heavy atom. The van der Waals surface area contributed by atoms with Crippen LogP contribution in [0.3, 0.4) is 0 Å². The molecule has 10 heteroatoms. The van der Waals surface area contributed by atoms with Crippen LogP contribution in [-0.4, -0.2) is 22.7 Å². The van der Waals surface area contributed by atoms with Crippen molar-refractivity contribution >= 4 is 34.1 Å². The van der Waals surface area contributed by atoms with E-state index in [1.54, 1.807) is 24.4 Å². The summed E-state index contributed by atoms with van der Waals surface area (Å²) in [5.74, 6) is 0.551. The van der Waals surface area contributed by atoms with Crippen LogP contribution in [0.4, 0.5) is 35.2 Å². The van der Waals surface area contributed by atoms with Crippen molar-refractivity contribution in [3.63, 3.8) is 0 Å². The number of nitrogens with zero attached hydrogens (tertiary/aromatic N) is 2. The molecule has 176 valence electrons. The van der Waals surface area contributed by atoms with Crippen LogP contribution in [0.5, 0.6) is 5.75 Å². The third-order valence-corrected chi connectivity index (χ3v) is 5.36. The Balaban J connectivity index is 1.58. The first kappa shape index (κ1) is 23.0. The van der Waals surface area contributed by atoms with Gasteiger partial charge in [-0.05, 0) is 60.5 Å². The third-order valence-electron chi connectivity index (χ3n) is 5.36. The number of hydrogen-bond donors (Lipinski definition) is 3. The van der Waals surface area contributed by atoms with Gasteiger partial charge in [0.15, 0.2) is 0 Å². The van der Waals surface area contributed by atoms with Gasteiger partial charge in [-0.3, -0.25) is 0 Å². The topological polar surface area (TPSA) is 94.2 Å². The third kappa shape index (κ3) is 4.75. The lowest BCUT2D eigenvalue weighted by molar-refractivity contribution is -0.138. The number of halogens is 3. The fourth-order valence-corrected chi connectivity index (χ4v) is 3.79. The van der Waals surface area contributed by atoms with Crippen LogP contribution >= 0.6 is 0 Å². The van der Waals surface area contributed by atoms with Gasteiger partial charge in [-0.25, -0.2) is 9.78 Å². The molecule has 0 saturated heterocycles. The molecule has 4 aromatic rings. The van der Waals surface area contributed by atoms with Crippen molar-refractivity contribution in [3.8, 4) is 5.75 Å². The molecule has 4 N–H and O–H groups in total. The van der Waals surface area contributed by atoms with Crippen molar-refractivity contribution < 1.29 is 22.7 Å². The molecule has 0 atom stereocenters. The molecule has 0 bridgehead atoms. The second-order valence-electron chi connectivity index (χ2n) is 7.72. The number of fused-ring (bicyclic) bond motifs is 1. The summed E-state index contributed by atoms with van der Waals surface area (Å²) in [6.45, 7) is 1.88. The molecule has 2 aromatic heterocycles. The standard InChI is InChI=1S/C24H22F3N5O2/c1-14-10-21(34-2)19(12-17(14)24(25,26)27)31-23(33)30-18-4-3-5-20-16(18)7-9-32(20)13-15-6-8-29-22(28)11-15/h3-12H,13H2,1-2H3,(H2,28,29)(H2,30,31,33). The average molecular weight is 469 g/mol. The van der Waals surface area contributed by atoms with Crippen LogP contribution < -0.4 is 21.1 Å². The van der Waals surface area contributed by atoms with E-state index >= 15 is 0 Å². The molecule has 0 spiro atoms. The molecule has 2 aromatic carbocycles. The minimum atomic E-state index is -4.56. The molecule has 0 unspecified atom stereocenters. The zero-order valence-corrected chi connectivity index (χ0v) is 18.4. The van der Waals surface area contributed by atoms with Gasteiger partial charge in [-0.15, -0.1) is 0 Å². The van der Waals surface area contributed by atoms with Crippen molar-refractivity contribution in [3.05, 3.63) is 77.6 Å². The van der Waals surface area contributed by atoms with Crippen molar-refractivity contribution in [1.82, 2.24) is 9.55 Å². The number of carbonyl (C=O) groups is 1. The van der Waals surface area contributed by atoms with Crippen LogP contribution in [0.2, 0.25) is 0 Å². The van der Waals surface area contributed by atoms with Crippen LogP contribution in [-0.2, 0) is 12.7 Å². The van der Waals surface area contributed by atoms with Crippen molar-refractivity contribution in [1.29, 1.82) is 0 Å². The molecule has 4 rings (SSSR count). The Morgan fingerprint density at radius 3 is 2.59 bits per heavy atom. The van der Waals surface area contributed by atoms with E-state index in [9.17, 15) is 18.0 Å². The van der Waals surface area contributed by atoms with E-state index in [0.717, 1.165) is 22.5 Å². The minimum Gasteiger partial charge on any atom is -0.495 e. The van der Waals surface area contributed by atoms with Gasteiger partial charge in [0.25, 0.3) is 0 Å². The Bertz CT molecular complexity index is 1360. The highest BCUT2D eigenvalue weighted by Crippen LogP contribution is 2.38. The number of rotatable bonds is 5. The number of hydrogen-bond acceptors (Lipinski definition) is 4. The normalized spacial score (nSPS) is 11.4. The first-order chi connectivity index (χ1) is 16.2. The molecule has 7 nitrogen and oxygen atoms in total. The fourth-order valence-electron chi connectivity index (χ4n) is 3.79. The number of alkyl halides is 3. The first-order valence-corrected chi connectivity index (χ1v) is 10.3. The van der Waals surface area contributed by atoms with Gasteiger partial charge in [0, 0.05) is 24.3 Å². The van der Waals surface area contributed by atoms with E-state index in [0.29, 0.717) is 18.1 Å². The van der Waals surface area contributed by atoms with Crippen LogP contribution in [0.25, 0.3) is 10.9 Å². The number of nitrogens with two attached hydrogens (primary N) is 1. The quantitative estimate of drug-likeness (QED) is 0.352. The lowest BCUT2D eigenvalue weighted by Gasteiger charge is -2.17. The van der Waals surface area contributed by atoms with Gasteiger partial charge in [0.05, 0.1) is 29.6 Å². The van der Waals surface area contributed by atoms with Crippen LogP contribution in [0.15, 0.2) is 60.9 Å². The summed E-state index contributed by atoms with van der Waals surface area (Å²) in [4.78, 5) is 16.7. The monoisotopic (exact) mass is 469 g/mol. The second kappa shape index (κ2) is 8.97. The fraction of sp³-hybridized carbons (Fsp3) is 0.167. The predicted molar refractivity (Wildman–Crippen MR) is 125 cm³/mol. The van der Waals surface area contributed by atoms with E-state index in [1.165, 1.54) is 20.1 Å². The molecule has 0 aliphatic heterocycles. The van der Waals surface area contributed by atoms with Crippen molar-refractivity contribution in [2.24, 2.45) is 0 Å². The van der Waals surface area contributed by atoms with Gasteiger partial charge in [0.2, 0.25) is 0 Å². The summed E-state index contributed by atoms with van der Waals surface area (Å²) in [5.41, 5.74) is 7.15. The van der Waals surface area contributed by atoms with Gasteiger partial charge >= 0.3 is 12.2 Å². The second-order valence-corrected chi connectivity index (χ2v) is 7.72. The lowest BCUT2D eigenvalue weighted by Crippen LogP contribution is -2.20. The molecule has 0 fully saturated rings. The maximum Gasteiger partial charge on any atom is 0.416 e. The number of nitrogen functional groups attached to an aromatic ring is 1. The van der Waals surface area contributed by atoms with E-state index in [4.69, 9.17) is 10.5 Å². The number of pyridine rings is 1. The molecule has 0 saturated carbocycles. The maximum absolute atomic E-state index is 13.3. The summed E-state index contributed by atoms with van der Waals surface area (Å²) >= 11 is 0. The molecular weight excluding hydrogens is 447 g/mol. The summed E-state index contributed by atoms with van der Waals surface area (Å²) in [5, 5.41) is 5.95. The minimum absolute atomic E-state index is 0.00244. The number of amides is 2. The van der Waals surface area contributed by atoms with E-state index in [2.05, 4.69) is 15.6 Å². The smallest absolute Gasteiger partial charge is 0.416 e. The molecule has 2 amide bonds. The van der Waals surface area contributed by atoms with E-state index < -0.39 is 17.8 Å². The highest BCUT2D eigenvalue weighted by Gasteiger charge is 2.33. The van der Waals surface area contributed by atoms with Crippen LogP contribution in [0, 0.1) is 6.92 Å². The largest absolute Gasteiger partial charge is 0.495 e. The molecule has 2 heterocycles. The molecule has 0 radical (unpaired) electrons. The number of aromatic nitrogens is 2. The maximum atomic E-state index is 13.3. The lowest BCUT2D eigenvalue weighted by atomic mass is 10.1. The zero-order valence-electron chi connectivity index (χ0n) is 18.4. The zero-order chi connectivity index (χ0) is 24.5. The van der Waals surface area contributed by atoms with Gasteiger partial charge in [-0.1, -0.05) is 6.07 Å². The number of ether oxygens (including phenoxy) is 1. The number of methoxy groups -OCH3 is 1. The number of benzene rings is 2. The first-order valence-electron chi connectivity index (χ1n) is 10.3. The number of nitrogens with one attached hydrogen (secondary N) is 2. The number of carbonyl (C=O) groups excluding carboxylic acids is 1. The Hall–Kier alpha value is -4.21. The summed E-state index contributed by atoms with van der Waals surface area (Å²) in [7, 11) is 1.32. The molecule has 34 heavy (non-hydrogen) atoms. The Morgan fingerprint density at radius 2 is 1.88 bits per heavy atom. The van der Waals surface area contributed by atoms with Gasteiger partial charge < -0.3 is 25.7 Å². The summed E-state index contributed by atoms with van der Waals surface area (Å²) in [6, 6.07) is 12.3. The molecule has 0 aliphatic rings. The van der Waals surface area contributed by atoms with E-state index in [1.807, 2.05) is 29.0 Å². The summed E-state index contributed by atoms with van der Waals surface area (Å²) < 4.78 is 47.1. The highest BCUT2D eigenvalue weighted by molar-refractivity contribution is 6.06. The van der Waals surface area contributed by atoms with Gasteiger partial charge in [0.1, 0.15) is 11.6 Å². The highest BCUT2D eigenvalue weighted by atomic mass is 19.4. The number of urea groups is 1. The van der Waals surface area contributed by atoms with Crippen molar-refractivity contribution in [2.45, 2.75) is 19.6 Å². The predicted octanol–water partition coefficient (Wildman–Crippen LogP) is 5.65. The Labute approximate surface area is 193 Å². The SMILES string of the molecule is COc1cc(C)c(C(F)(F)F)cc1NC(=O)Nc1cccc2c1ccn2Cc1ccnc(N)c1. The number of anilines is 3. The van der Waals surface area contributed by atoms with E-state index in [-0.39, 0.29) is 17.0 Å². The Kier molecular flexibility index (Phi) is 6.06. The van der Waals surface area contributed by atoms with Crippen LogP contribution in [0.1, 0.15) is 16.7 Å².